The van der Waals surface area contributed by atoms with Crippen LogP contribution < -0.4 is 15.8 Å². The number of aryl methyl sites for hydroxylation is 1. The molecule has 2 rings (SSSR count). The van der Waals surface area contributed by atoms with Crippen molar-refractivity contribution in [3.8, 4) is 17.1 Å². The highest BCUT2D eigenvalue weighted by molar-refractivity contribution is 5.82. The molecule has 8 heteroatoms. The number of nitrogens with one attached hydrogen (secondary N) is 1. The maximum atomic E-state index is 11.3. The Morgan fingerprint density at radius 3 is 2.74 bits per heavy atom. The number of rotatable bonds is 7. The SMILES string of the molecule is COC(=O)Nc1nccc(-c2cnc(OC[C@@](C)(N)CC(C)C)cc2C)n1. The summed E-state index contributed by atoms with van der Waals surface area (Å²) in [5, 5.41) is 2.44. The number of ether oxygens (including phenoxy) is 2. The minimum Gasteiger partial charge on any atom is -0.476 e. The Kier molecular flexibility index (Phi) is 6.68. The summed E-state index contributed by atoms with van der Waals surface area (Å²) in [5.41, 5.74) is 8.25. The van der Waals surface area contributed by atoms with Crippen molar-refractivity contribution in [1.29, 1.82) is 0 Å². The average molecular weight is 373 g/mol. The van der Waals surface area contributed by atoms with Gasteiger partial charge in [0.1, 0.15) is 6.61 Å². The van der Waals surface area contributed by atoms with Crippen molar-refractivity contribution in [2.24, 2.45) is 11.7 Å². The summed E-state index contributed by atoms with van der Waals surface area (Å²) in [7, 11) is 1.28. The first-order valence-electron chi connectivity index (χ1n) is 8.77. The summed E-state index contributed by atoms with van der Waals surface area (Å²) in [6, 6.07) is 3.59. The second kappa shape index (κ2) is 8.77. The topological polar surface area (TPSA) is 112 Å². The molecule has 0 aliphatic heterocycles. The lowest BCUT2D eigenvalue weighted by molar-refractivity contribution is 0.186. The lowest BCUT2D eigenvalue weighted by Gasteiger charge is -2.26. The van der Waals surface area contributed by atoms with Crippen LogP contribution in [0.15, 0.2) is 24.5 Å². The molecule has 0 spiro atoms. The third kappa shape index (κ3) is 6.18. The van der Waals surface area contributed by atoms with Crippen LogP contribution in [0.2, 0.25) is 0 Å². The van der Waals surface area contributed by atoms with Crippen molar-refractivity contribution < 1.29 is 14.3 Å². The normalized spacial score (nSPS) is 13.1. The number of anilines is 1. The fourth-order valence-electron chi connectivity index (χ4n) is 2.82. The molecule has 3 N–H and O–H groups in total. The predicted octanol–water partition coefficient (Wildman–Crippen LogP) is 3.17. The molecule has 0 saturated carbocycles. The van der Waals surface area contributed by atoms with Gasteiger partial charge in [0.15, 0.2) is 0 Å². The van der Waals surface area contributed by atoms with Gasteiger partial charge in [0.2, 0.25) is 11.8 Å². The standard InChI is InChI=1S/C19H27N5O3/c1-12(2)9-19(4,20)11-27-16-8-13(3)14(10-22-16)15-6-7-21-17(23-15)24-18(25)26-5/h6-8,10,12H,9,11,20H2,1-5H3,(H,21,23,24,25)/t19-/m0/s1. The molecule has 146 valence electrons. The van der Waals surface area contributed by atoms with Crippen LogP contribution in [-0.4, -0.2) is 40.3 Å². The molecule has 27 heavy (non-hydrogen) atoms. The molecule has 0 unspecified atom stereocenters. The van der Waals surface area contributed by atoms with Crippen molar-refractivity contribution in [3.05, 3.63) is 30.1 Å². The third-order valence-electron chi connectivity index (χ3n) is 3.84. The summed E-state index contributed by atoms with van der Waals surface area (Å²) < 4.78 is 10.3. The Labute approximate surface area is 159 Å². The molecule has 8 nitrogen and oxygen atoms in total. The maximum absolute atomic E-state index is 11.3. The molecule has 0 fully saturated rings. The highest BCUT2D eigenvalue weighted by atomic mass is 16.5. The van der Waals surface area contributed by atoms with Gasteiger partial charge < -0.3 is 15.2 Å². The van der Waals surface area contributed by atoms with Crippen LogP contribution in [0, 0.1) is 12.8 Å². The number of nitrogens with zero attached hydrogens (tertiary/aromatic N) is 3. The van der Waals surface area contributed by atoms with Crippen LogP contribution in [0.4, 0.5) is 10.7 Å². The summed E-state index contributed by atoms with van der Waals surface area (Å²) >= 11 is 0. The van der Waals surface area contributed by atoms with Crippen LogP contribution in [0.25, 0.3) is 11.3 Å². The molecular weight excluding hydrogens is 346 g/mol. The summed E-state index contributed by atoms with van der Waals surface area (Å²) in [5.74, 6) is 1.16. The van der Waals surface area contributed by atoms with E-state index in [0.29, 0.717) is 24.1 Å². The highest BCUT2D eigenvalue weighted by Crippen LogP contribution is 2.24. The second-order valence-corrected chi connectivity index (χ2v) is 7.26. The van der Waals surface area contributed by atoms with Gasteiger partial charge in [-0.3, -0.25) is 5.32 Å². The Hall–Kier alpha value is -2.74. The van der Waals surface area contributed by atoms with E-state index in [0.717, 1.165) is 17.5 Å². The molecule has 0 aliphatic rings. The van der Waals surface area contributed by atoms with Gasteiger partial charge >= 0.3 is 6.09 Å². The molecule has 0 aromatic carbocycles. The maximum Gasteiger partial charge on any atom is 0.413 e. The lowest BCUT2D eigenvalue weighted by atomic mass is 9.93. The minimum absolute atomic E-state index is 0.159. The molecule has 2 heterocycles. The van der Waals surface area contributed by atoms with Gasteiger partial charge in [0.25, 0.3) is 0 Å². The Balaban J connectivity index is 2.13. The van der Waals surface area contributed by atoms with Crippen LogP contribution in [0.3, 0.4) is 0 Å². The van der Waals surface area contributed by atoms with E-state index in [9.17, 15) is 4.79 Å². The number of amides is 1. The largest absolute Gasteiger partial charge is 0.476 e. The Bertz CT molecular complexity index is 793. The van der Waals surface area contributed by atoms with E-state index in [1.54, 1.807) is 18.5 Å². The van der Waals surface area contributed by atoms with E-state index in [4.69, 9.17) is 10.5 Å². The molecular formula is C19H27N5O3. The highest BCUT2D eigenvalue weighted by Gasteiger charge is 2.21. The van der Waals surface area contributed by atoms with E-state index < -0.39 is 11.6 Å². The van der Waals surface area contributed by atoms with Crippen molar-refractivity contribution in [1.82, 2.24) is 15.0 Å². The number of hydrogen-bond acceptors (Lipinski definition) is 7. The van der Waals surface area contributed by atoms with Gasteiger partial charge in [0, 0.05) is 29.6 Å². The summed E-state index contributed by atoms with van der Waals surface area (Å²) in [6.07, 6.45) is 3.48. The molecule has 2 aromatic rings. The van der Waals surface area contributed by atoms with Gasteiger partial charge in [-0.25, -0.2) is 19.7 Å². The fraction of sp³-hybridized carbons (Fsp3) is 0.474. The zero-order valence-electron chi connectivity index (χ0n) is 16.4. The van der Waals surface area contributed by atoms with Gasteiger partial charge in [-0.1, -0.05) is 13.8 Å². The van der Waals surface area contributed by atoms with Crippen molar-refractivity contribution in [3.63, 3.8) is 0 Å². The molecule has 0 saturated heterocycles. The van der Waals surface area contributed by atoms with E-state index in [1.165, 1.54) is 7.11 Å². The number of aromatic nitrogens is 3. The van der Waals surface area contributed by atoms with Crippen molar-refractivity contribution >= 4 is 12.0 Å². The van der Waals surface area contributed by atoms with E-state index in [2.05, 4.69) is 38.9 Å². The summed E-state index contributed by atoms with van der Waals surface area (Å²) in [4.78, 5) is 24.0. The second-order valence-electron chi connectivity index (χ2n) is 7.26. The summed E-state index contributed by atoms with van der Waals surface area (Å²) in [6.45, 7) is 8.57. The molecule has 1 atom stereocenters. The van der Waals surface area contributed by atoms with Gasteiger partial charge in [0.05, 0.1) is 12.8 Å². The molecule has 0 radical (unpaired) electrons. The van der Waals surface area contributed by atoms with Crippen molar-refractivity contribution in [2.75, 3.05) is 19.0 Å². The average Bonchev–Trinajstić information content (AvgIpc) is 2.59. The first-order chi connectivity index (χ1) is 12.7. The zero-order chi connectivity index (χ0) is 20.0. The van der Waals surface area contributed by atoms with Gasteiger partial charge in [-0.2, -0.15) is 0 Å². The zero-order valence-corrected chi connectivity index (χ0v) is 16.4. The first-order valence-corrected chi connectivity index (χ1v) is 8.77. The number of pyridine rings is 1. The van der Waals surface area contributed by atoms with Crippen LogP contribution in [0.1, 0.15) is 32.8 Å². The Morgan fingerprint density at radius 2 is 2.11 bits per heavy atom. The predicted molar refractivity (Wildman–Crippen MR) is 104 cm³/mol. The minimum atomic E-state index is -0.628. The molecule has 1 amide bonds. The van der Waals surface area contributed by atoms with Gasteiger partial charge in [-0.05, 0) is 37.8 Å². The van der Waals surface area contributed by atoms with E-state index in [-0.39, 0.29) is 5.95 Å². The molecule has 2 aromatic heterocycles. The number of carbonyl (C=O) groups excluding carboxylic acids is 1. The quantitative estimate of drug-likeness (QED) is 0.766. The first kappa shape index (κ1) is 20.6. The molecule has 0 bridgehead atoms. The number of methoxy groups -OCH3 is 1. The van der Waals surface area contributed by atoms with Crippen LogP contribution >= 0.6 is 0 Å². The fourth-order valence-corrected chi connectivity index (χ4v) is 2.82. The monoisotopic (exact) mass is 373 g/mol. The number of hydrogen-bond donors (Lipinski definition) is 2. The molecule has 0 aliphatic carbocycles. The third-order valence-corrected chi connectivity index (χ3v) is 3.84. The van der Waals surface area contributed by atoms with Crippen molar-refractivity contribution in [2.45, 2.75) is 39.7 Å². The van der Waals surface area contributed by atoms with Crippen LogP contribution in [-0.2, 0) is 4.74 Å². The van der Waals surface area contributed by atoms with Crippen LogP contribution in [0.5, 0.6) is 5.88 Å². The van der Waals surface area contributed by atoms with E-state index in [1.807, 2.05) is 19.9 Å². The number of nitrogens with two attached hydrogens (primary N) is 1. The lowest BCUT2D eigenvalue weighted by Crippen LogP contribution is -2.43. The smallest absolute Gasteiger partial charge is 0.413 e. The van der Waals surface area contributed by atoms with Gasteiger partial charge in [-0.15, -0.1) is 0 Å². The Morgan fingerprint density at radius 1 is 1.37 bits per heavy atom. The van der Waals surface area contributed by atoms with E-state index >= 15 is 0 Å². The number of carbonyl (C=O) groups is 1.